The van der Waals surface area contributed by atoms with Crippen molar-refractivity contribution in [2.24, 2.45) is 5.92 Å². The number of aromatic nitrogens is 1. The summed E-state index contributed by atoms with van der Waals surface area (Å²) in [5.41, 5.74) is 0.906. The van der Waals surface area contributed by atoms with Gasteiger partial charge in [0.25, 0.3) is 10.2 Å². The standard InChI is InChI=1S/C15H26N4O3S/c1-13-4-3-5-19(11-13)23(20,21)18-8-6-17(7-9-18)12-15-10-14(2)22-16-15/h10,13H,3-9,11-12H2,1-2H3/t13-/m1/s1. The number of piperazine rings is 1. The molecule has 2 saturated heterocycles. The van der Waals surface area contributed by atoms with E-state index in [9.17, 15) is 8.42 Å². The van der Waals surface area contributed by atoms with Crippen LogP contribution in [0.15, 0.2) is 10.6 Å². The van der Waals surface area contributed by atoms with Gasteiger partial charge in [0.2, 0.25) is 0 Å². The lowest BCUT2D eigenvalue weighted by Crippen LogP contribution is -2.54. The molecule has 23 heavy (non-hydrogen) atoms. The van der Waals surface area contributed by atoms with Crippen LogP contribution < -0.4 is 0 Å². The van der Waals surface area contributed by atoms with Gasteiger partial charge in [0.15, 0.2) is 0 Å². The SMILES string of the molecule is Cc1cc(CN2CCN(S(=O)(=O)N3CCC[C@@H](C)C3)CC2)no1. The fourth-order valence-corrected chi connectivity index (χ4v) is 5.11. The minimum absolute atomic E-state index is 0.454. The average Bonchev–Trinajstić information content (AvgIpc) is 2.93. The largest absolute Gasteiger partial charge is 0.361 e. The van der Waals surface area contributed by atoms with Crippen LogP contribution in [0, 0.1) is 12.8 Å². The van der Waals surface area contributed by atoms with Gasteiger partial charge < -0.3 is 4.52 Å². The van der Waals surface area contributed by atoms with E-state index in [1.807, 2.05) is 13.0 Å². The number of aryl methyl sites for hydroxylation is 1. The maximum Gasteiger partial charge on any atom is 0.282 e. The summed E-state index contributed by atoms with van der Waals surface area (Å²) >= 11 is 0. The highest BCUT2D eigenvalue weighted by molar-refractivity contribution is 7.86. The molecule has 7 nitrogen and oxygen atoms in total. The Morgan fingerprint density at radius 3 is 2.57 bits per heavy atom. The minimum Gasteiger partial charge on any atom is -0.361 e. The molecule has 1 aromatic rings. The van der Waals surface area contributed by atoms with Gasteiger partial charge in [-0.15, -0.1) is 0 Å². The summed E-state index contributed by atoms with van der Waals surface area (Å²) in [7, 11) is -3.30. The fourth-order valence-electron chi connectivity index (χ4n) is 3.36. The molecule has 2 aliphatic rings. The Balaban J connectivity index is 1.55. The quantitative estimate of drug-likeness (QED) is 0.819. The molecule has 0 aromatic carbocycles. The summed E-state index contributed by atoms with van der Waals surface area (Å²) in [6, 6.07) is 1.93. The first-order valence-electron chi connectivity index (χ1n) is 8.35. The van der Waals surface area contributed by atoms with Gasteiger partial charge in [-0.05, 0) is 25.7 Å². The van der Waals surface area contributed by atoms with Crippen molar-refractivity contribution in [1.82, 2.24) is 18.7 Å². The summed E-state index contributed by atoms with van der Waals surface area (Å²) in [6.07, 6.45) is 2.09. The highest BCUT2D eigenvalue weighted by Gasteiger charge is 2.34. The molecule has 1 aromatic heterocycles. The van der Waals surface area contributed by atoms with Crippen molar-refractivity contribution in [3.8, 4) is 0 Å². The Morgan fingerprint density at radius 2 is 1.96 bits per heavy atom. The van der Waals surface area contributed by atoms with Gasteiger partial charge in [-0.25, -0.2) is 0 Å². The van der Waals surface area contributed by atoms with Crippen molar-refractivity contribution in [3.63, 3.8) is 0 Å². The van der Waals surface area contributed by atoms with Crippen LogP contribution in [0.2, 0.25) is 0 Å². The zero-order valence-corrected chi connectivity index (χ0v) is 14.8. The zero-order valence-electron chi connectivity index (χ0n) is 13.9. The molecule has 3 rings (SSSR count). The first-order chi connectivity index (χ1) is 10.9. The van der Waals surface area contributed by atoms with Gasteiger partial charge >= 0.3 is 0 Å². The molecule has 2 aliphatic heterocycles. The van der Waals surface area contributed by atoms with Gasteiger partial charge in [0, 0.05) is 51.9 Å². The van der Waals surface area contributed by atoms with Crippen LogP contribution >= 0.6 is 0 Å². The lowest BCUT2D eigenvalue weighted by Gasteiger charge is -2.38. The van der Waals surface area contributed by atoms with Crippen molar-refractivity contribution in [1.29, 1.82) is 0 Å². The predicted molar refractivity (Wildman–Crippen MR) is 87.0 cm³/mol. The van der Waals surface area contributed by atoms with Crippen molar-refractivity contribution in [2.75, 3.05) is 39.3 Å². The van der Waals surface area contributed by atoms with Gasteiger partial charge in [0.05, 0.1) is 5.69 Å². The van der Waals surface area contributed by atoms with Crippen LogP contribution in [0.4, 0.5) is 0 Å². The number of hydrogen-bond donors (Lipinski definition) is 0. The molecule has 130 valence electrons. The summed E-state index contributed by atoms with van der Waals surface area (Å²) in [6.45, 7) is 8.58. The second kappa shape index (κ2) is 6.88. The molecule has 0 N–H and O–H groups in total. The van der Waals surface area contributed by atoms with Gasteiger partial charge in [0.1, 0.15) is 5.76 Å². The first-order valence-corrected chi connectivity index (χ1v) is 9.74. The maximum atomic E-state index is 12.8. The van der Waals surface area contributed by atoms with E-state index in [1.54, 1.807) is 8.61 Å². The lowest BCUT2D eigenvalue weighted by molar-refractivity contribution is 0.166. The molecule has 1 atom stereocenters. The minimum atomic E-state index is -3.30. The number of rotatable bonds is 4. The van der Waals surface area contributed by atoms with Crippen LogP contribution in [0.5, 0.6) is 0 Å². The van der Waals surface area contributed by atoms with Crippen LogP contribution in [-0.2, 0) is 16.8 Å². The van der Waals surface area contributed by atoms with E-state index in [1.165, 1.54) is 0 Å². The summed E-state index contributed by atoms with van der Waals surface area (Å²) in [5, 5.41) is 4.00. The number of hydrogen-bond acceptors (Lipinski definition) is 5. The van der Waals surface area contributed by atoms with Crippen molar-refractivity contribution >= 4 is 10.2 Å². The molecule has 0 aliphatic carbocycles. The number of piperidine rings is 1. The Hall–Kier alpha value is -0.960. The van der Waals surface area contributed by atoms with Gasteiger partial charge in [-0.2, -0.15) is 17.0 Å². The molecule has 0 amide bonds. The molecular weight excluding hydrogens is 316 g/mol. The van der Waals surface area contributed by atoms with Crippen molar-refractivity contribution in [2.45, 2.75) is 33.2 Å². The Kier molecular flexibility index (Phi) is 5.05. The topological polar surface area (TPSA) is 69.9 Å². The number of nitrogens with zero attached hydrogens (tertiary/aromatic N) is 4. The van der Waals surface area contributed by atoms with Crippen molar-refractivity contribution in [3.05, 3.63) is 17.5 Å². The molecule has 0 saturated carbocycles. The van der Waals surface area contributed by atoms with Crippen LogP contribution in [0.25, 0.3) is 0 Å². The first kappa shape index (κ1) is 16.9. The Bertz CT molecular complexity index is 622. The van der Waals surface area contributed by atoms with E-state index < -0.39 is 10.2 Å². The summed E-state index contributed by atoms with van der Waals surface area (Å²) in [4.78, 5) is 2.22. The Morgan fingerprint density at radius 1 is 1.22 bits per heavy atom. The van der Waals surface area contributed by atoms with Crippen LogP contribution in [0.1, 0.15) is 31.2 Å². The zero-order chi connectivity index (χ0) is 16.4. The van der Waals surface area contributed by atoms with Crippen molar-refractivity contribution < 1.29 is 12.9 Å². The molecule has 0 bridgehead atoms. The highest BCUT2D eigenvalue weighted by atomic mass is 32.2. The average molecular weight is 342 g/mol. The second-order valence-corrected chi connectivity index (χ2v) is 8.65. The second-order valence-electron chi connectivity index (χ2n) is 6.72. The third-order valence-corrected chi connectivity index (χ3v) is 6.67. The fraction of sp³-hybridized carbons (Fsp3) is 0.800. The van der Waals surface area contributed by atoms with Gasteiger partial charge in [-0.3, -0.25) is 4.90 Å². The Labute approximate surface area is 138 Å². The molecule has 3 heterocycles. The molecule has 2 fully saturated rings. The molecule has 0 radical (unpaired) electrons. The van der Waals surface area contributed by atoms with E-state index in [-0.39, 0.29) is 0 Å². The van der Waals surface area contributed by atoms with E-state index in [2.05, 4.69) is 17.0 Å². The third-order valence-electron chi connectivity index (χ3n) is 4.67. The van der Waals surface area contributed by atoms with Gasteiger partial charge in [-0.1, -0.05) is 12.1 Å². The smallest absolute Gasteiger partial charge is 0.282 e. The molecule has 8 heteroatoms. The summed E-state index contributed by atoms with van der Waals surface area (Å²) < 4.78 is 33.9. The normalized spacial score (nSPS) is 25.7. The van der Waals surface area contributed by atoms with Crippen LogP contribution in [-0.4, -0.2) is 66.4 Å². The lowest BCUT2D eigenvalue weighted by atomic mass is 10.0. The summed E-state index contributed by atoms with van der Waals surface area (Å²) in [5.74, 6) is 1.26. The molecule has 0 unspecified atom stereocenters. The molecular formula is C15H26N4O3S. The van der Waals surface area contributed by atoms with E-state index >= 15 is 0 Å². The van der Waals surface area contributed by atoms with E-state index in [0.717, 1.165) is 37.4 Å². The monoisotopic (exact) mass is 342 g/mol. The van der Waals surface area contributed by atoms with Crippen LogP contribution in [0.3, 0.4) is 0 Å². The van der Waals surface area contributed by atoms with E-state index in [0.29, 0.717) is 38.6 Å². The predicted octanol–water partition coefficient (Wildman–Crippen LogP) is 1.08. The van der Waals surface area contributed by atoms with E-state index in [4.69, 9.17) is 4.52 Å². The third kappa shape index (κ3) is 3.93. The highest BCUT2D eigenvalue weighted by Crippen LogP contribution is 2.21. The maximum absolute atomic E-state index is 12.8. The molecule has 0 spiro atoms.